The standard InChI is InChI=1S/C19H19N3O7/c1-11(18(23)21-9-12-3-6-16-17(7-12)28-10-27-16)29-19(24)14-8-13(22(25)26)4-5-15(14)20-2/h3-8,11,20H,9-10H2,1-2H3,(H,21,23)/t11-/m0/s1. The molecule has 0 unspecified atom stereocenters. The van der Waals surface area contributed by atoms with E-state index >= 15 is 0 Å². The summed E-state index contributed by atoms with van der Waals surface area (Å²) in [6.45, 7) is 1.78. The molecule has 1 atom stereocenters. The fraction of sp³-hybridized carbons (Fsp3) is 0.263. The van der Waals surface area contributed by atoms with Gasteiger partial charge >= 0.3 is 5.97 Å². The lowest BCUT2D eigenvalue weighted by molar-refractivity contribution is -0.384. The number of fused-ring (bicyclic) bond motifs is 1. The third kappa shape index (κ3) is 4.54. The van der Waals surface area contributed by atoms with Gasteiger partial charge in [-0.3, -0.25) is 14.9 Å². The summed E-state index contributed by atoms with van der Waals surface area (Å²) in [7, 11) is 1.57. The lowest BCUT2D eigenvalue weighted by Crippen LogP contribution is -2.35. The van der Waals surface area contributed by atoms with Gasteiger partial charge < -0.3 is 24.8 Å². The number of hydrogen-bond acceptors (Lipinski definition) is 8. The van der Waals surface area contributed by atoms with E-state index in [1.807, 2.05) is 0 Å². The smallest absolute Gasteiger partial charge is 0.341 e. The van der Waals surface area contributed by atoms with E-state index in [1.165, 1.54) is 19.1 Å². The molecule has 2 aromatic carbocycles. The van der Waals surface area contributed by atoms with Crippen LogP contribution in [0.3, 0.4) is 0 Å². The quantitative estimate of drug-likeness (QED) is 0.410. The first-order chi connectivity index (χ1) is 13.9. The molecule has 0 saturated carbocycles. The molecule has 10 nitrogen and oxygen atoms in total. The number of carbonyl (C=O) groups excluding carboxylic acids is 2. The summed E-state index contributed by atoms with van der Waals surface area (Å²) in [4.78, 5) is 35.0. The largest absolute Gasteiger partial charge is 0.454 e. The van der Waals surface area contributed by atoms with Crippen LogP contribution in [-0.4, -0.2) is 36.7 Å². The molecular formula is C19H19N3O7. The number of esters is 1. The third-order valence-electron chi connectivity index (χ3n) is 4.26. The molecule has 1 amide bonds. The molecule has 10 heteroatoms. The van der Waals surface area contributed by atoms with Crippen LogP contribution in [0.1, 0.15) is 22.8 Å². The predicted molar refractivity (Wildman–Crippen MR) is 102 cm³/mol. The lowest BCUT2D eigenvalue weighted by Gasteiger charge is -2.15. The maximum atomic E-state index is 12.4. The molecule has 0 radical (unpaired) electrons. The zero-order valence-corrected chi connectivity index (χ0v) is 15.8. The number of anilines is 1. The van der Waals surface area contributed by atoms with Crippen LogP contribution >= 0.6 is 0 Å². The summed E-state index contributed by atoms with van der Waals surface area (Å²) in [5, 5.41) is 16.4. The van der Waals surface area contributed by atoms with Crippen molar-refractivity contribution < 1.29 is 28.7 Å². The molecule has 3 rings (SSSR count). The summed E-state index contributed by atoms with van der Waals surface area (Å²) in [6, 6.07) is 9.05. The molecule has 0 saturated heterocycles. The van der Waals surface area contributed by atoms with E-state index in [2.05, 4.69) is 10.6 Å². The molecule has 0 aromatic heterocycles. The van der Waals surface area contributed by atoms with Crippen molar-refractivity contribution in [2.24, 2.45) is 0 Å². The van der Waals surface area contributed by atoms with Crippen molar-refractivity contribution in [3.63, 3.8) is 0 Å². The molecule has 152 valence electrons. The Morgan fingerprint density at radius 3 is 2.69 bits per heavy atom. The number of rotatable bonds is 7. The van der Waals surface area contributed by atoms with Gasteiger partial charge in [0.25, 0.3) is 11.6 Å². The normalized spacial score (nSPS) is 12.8. The minimum absolute atomic E-state index is 0.0304. The first-order valence-electron chi connectivity index (χ1n) is 8.72. The van der Waals surface area contributed by atoms with E-state index in [0.29, 0.717) is 17.2 Å². The summed E-state index contributed by atoms with van der Waals surface area (Å²) < 4.78 is 15.7. The van der Waals surface area contributed by atoms with Crippen molar-refractivity contribution in [2.75, 3.05) is 19.2 Å². The van der Waals surface area contributed by atoms with Crippen molar-refractivity contribution in [2.45, 2.75) is 19.6 Å². The Labute approximate surface area is 165 Å². The minimum atomic E-state index is -1.10. The number of nitrogens with zero attached hydrogens (tertiary/aromatic N) is 1. The van der Waals surface area contributed by atoms with E-state index in [9.17, 15) is 19.7 Å². The van der Waals surface area contributed by atoms with Crippen LogP contribution in [0.25, 0.3) is 0 Å². The number of benzene rings is 2. The Kier molecular flexibility index (Phi) is 5.82. The second-order valence-electron chi connectivity index (χ2n) is 6.19. The Bertz CT molecular complexity index is 961. The van der Waals surface area contributed by atoms with Crippen LogP contribution in [0.5, 0.6) is 11.5 Å². The number of carbonyl (C=O) groups is 2. The van der Waals surface area contributed by atoms with E-state index in [-0.39, 0.29) is 24.6 Å². The van der Waals surface area contributed by atoms with Gasteiger partial charge in [0.2, 0.25) is 6.79 Å². The molecule has 0 spiro atoms. The molecular weight excluding hydrogens is 382 g/mol. The highest BCUT2D eigenvalue weighted by atomic mass is 16.7. The molecule has 29 heavy (non-hydrogen) atoms. The zero-order valence-electron chi connectivity index (χ0n) is 15.8. The van der Waals surface area contributed by atoms with E-state index in [4.69, 9.17) is 14.2 Å². The van der Waals surface area contributed by atoms with Gasteiger partial charge in [-0.05, 0) is 30.7 Å². The lowest BCUT2D eigenvalue weighted by atomic mass is 10.1. The number of ether oxygens (including phenoxy) is 3. The second-order valence-corrected chi connectivity index (χ2v) is 6.19. The number of nitrogens with one attached hydrogen (secondary N) is 2. The Hall–Kier alpha value is -3.82. The first-order valence-corrected chi connectivity index (χ1v) is 8.72. The number of nitro groups is 1. The summed E-state index contributed by atoms with van der Waals surface area (Å²) in [5.74, 6) is -0.114. The SMILES string of the molecule is CNc1ccc([N+](=O)[O-])cc1C(=O)O[C@@H](C)C(=O)NCc1ccc2c(c1)OCO2. The molecule has 1 aliphatic rings. The summed E-state index contributed by atoms with van der Waals surface area (Å²) in [5.41, 5.74) is 0.860. The van der Waals surface area contributed by atoms with Gasteiger partial charge in [-0.2, -0.15) is 0 Å². The van der Waals surface area contributed by atoms with Gasteiger partial charge in [-0.15, -0.1) is 0 Å². The first kappa shape index (κ1) is 19.9. The highest BCUT2D eigenvalue weighted by molar-refractivity contribution is 5.98. The van der Waals surface area contributed by atoms with Crippen LogP contribution in [0, 0.1) is 10.1 Å². The topological polar surface area (TPSA) is 129 Å². The van der Waals surface area contributed by atoms with Gasteiger partial charge in [0.1, 0.15) is 0 Å². The highest BCUT2D eigenvalue weighted by Crippen LogP contribution is 2.32. The van der Waals surface area contributed by atoms with Crippen LogP contribution in [0.15, 0.2) is 36.4 Å². The van der Waals surface area contributed by atoms with E-state index in [0.717, 1.165) is 11.6 Å². The number of non-ortho nitro benzene ring substituents is 1. The molecule has 2 N–H and O–H groups in total. The monoisotopic (exact) mass is 401 g/mol. The van der Waals surface area contributed by atoms with E-state index < -0.39 is 22.9 Å². The van der Waals surface area contributed by atoms with Crippen molar-refractivity contribution in [1.82, 2.24) is 5.32 Å². The maximum absolute atomic E-state index is 12.4. The zero-order chi connectivity index (χ0) is 21.0. The van der Waals surface area contributed by atoms with Crippen LogP contribution < -0.4 is 20.1 Å². The van der Waals surface area contributed by atoms with Crippen LogP contribution in [0.4, 0.5) is 11.4 Å². The molecule has 0 fully saturated rings. The van der Waals surface area contributed by atoms with Crippen molar-refractivity contribution >= 4 is 23.3 Å². The predicted octanol–water partition coefficient (Wildman–Crippen LogP) is 2.23. The number of hydrogen-bond donors (Lipinski definition) is 2. The van der Waals surface area contributed by atoms with Crippen molar-refractivity contribution in [3.8, 4) is 11.5 Å². The second kappa shape index (κ2) is 8.46. The van der Waals surface area contributed by atoms with Crippen LogP contribution in [0.2, 0.25) is 0 Å². The molecule has 1 heterocycles. The van der Waals surface area contributed by atoms with Gasteiger partial charge in [-0.25, -0.2) is 4.79 Å². The Balaban J connectivity index is 1.61. The maximum Gasteiger partial charge on any atom is 0.341 e. The third-order valence-corrected chi connectivity index (χ3v) is 4.26. The fourth-order valence-electron chi connectivity index (χ4n) is 2.69. The molecule has 0 aliphatic carbocycles. The van der Waals surface area contributed by atoms with E-state index in [1.54, 1.807) is 25.2 Å². The summed E-state index contributed by atoms with van der Waals surface area (Å²) >= 11 is 0. The number of amides is 1. The summed E-state index contributed by atoms with van der Waals surface area (Å²) in [6.07, 6.45) is -1.10. The molecule has 2 aromatic rings. The van der Waals surface area contributed by atoms with Gasteiger partial charge in [0, 0.05) is 31.4 Å². The highest BCUT2D eigenvalue weighted by Gasteiger charge is 2.23. The number of nitro benzene ring substituents is 1. The van der Waals surface area contributed by atoms with Gasteiger partial charge in [0.15, 0.2) is 17.6 Å². The van der Waals surface area contributed by atoms with Crippen molar-refractivity contribution in [1.29, 1.82) is 0 Å². The average Bonchev–Trinajstić information content (AvgIpc) is 3.19. The Morgan fingerprint density at radius 2 is 1.97 bits per heavy atom. The van der Waals surface area contributed by atoms with Gasteiger partial charge in [0.05, 0.1) is 10.5 Å². The van der Waals surface area contributed by atoms with Gasteiger partial charge in [-0.1, -0.05) is 6.07 Å². The Morgan fingerprint density at radius 1 is 1.21 bits per heavy atom. The van der Waals surface area contributed by atoms with Crippen molar-refractivity contribution in [3.05, 3.63) is 57.6 Å². The average molecular weight is 401 g/mol. The van der Waals surface area contributed by atoms with Crippen LogP contribution in [-0.2, 0) is 16.1 Å². The molecule has 0 bridgehead atoms. The fourth-order valence-corrected chi connectivity index (χ4v) is 2.69. The minimum Gasteiger partial charge on any atom is -0.454 e. The molecule has 1 aliphatic heterocycles.